The number of carbonyl (C=O) groups excluding carboxylic acids is 1. The molecule has 2 aliphatic rings. The summed E-state index contributed by atoms with van der Waals surface area (Å²) in [5.74, 6) is 0.143. The predicted molar refractivity (Wildman–Crippen MR) is 135 cm³/mol. The van der Waals surface area contributed by atoms with E-state index in [1.54, 1.807) is 6.07 Å². The second-order valence-electron chi connectivity index (χ2n) is 9.85. The van der Waals surface area contributed by atoms with Crippen LogP contribution < -0.4 is 5.32 Å². The number of aromatic hydroxyl groups is 1. The van der Waals surface area contributed by atoms with Crippen LogP contribution in [-0.2, 0) is 5.41 Å². The van der Waals surface area contributed by atoms with Gasteiger partial charge in [0, 0.05) is 36.0 Å². The molecule has 1 amide bonds. The molecular formula is C29H32N2O3. The number of likely N-dealkylation sites (tertiary alicyclic amines) is 1. The number of carbonyl (C=O) groups is 1. The average Bonchev–Trinajstić information content (AvgIpc) is 2.84. The lowest BCUT2D eigenvalue weighted by Crippen LogP contribution is -2.61. The van der Waals surface area contributed by atoms with Crippen LogP contribution in [0, 0.1) is 5.92 Å². The number of benzene rings is 3. The second-order valence-corrected chi connectivity index (χ2v) is 9.85. The maximum atomic E-state index is 13.2. The summed E-state index contributed by atoms with van der Waals surface area (Å²) in [6, 6.07) is 21.0. The standard InChI is InChI=1S/C29H32N2O3/c1-2-13-31-14-12-29(23-8-5-9-25(32)16-23)18-24(17-27(33)26(29)19-31)30-28(34)22-11-10-20-6-3-4-7-21(20)15-22/h2-11,15-16,24,26-27,32-33H,1,12-14,17-19H2,(H,30,34)/t24-,26+,27?,29+/m1/s1. The molecule has 1 unspecified atom stereocenters. The summed E-state index contributed by atoms with van der Waals surface area (Å²) in [6.07, 6.45) is 3.47. The molecule has 0 spiro atoms. The lowest BCUT2D eigenvalue weighted by Gasteiger charge is -2.54. The van der Waals surface area contributed by atoms with E-state index < -0.39 is 6.10 Å². The first kappa shape index (κ1) is 22.6. The smallest absolute Gasteiger partial charge is 0.251 e. The molecule has 1 saturated heterocycles. The number of hydrogen-bond donors (Lipinski definition) is 3. The van der Waals surface area contributed by atoms with E-state index in [9.17, 15) is 15.0 Å². The molecule has 0 radical (unpaired) electrons. The van der Waals surface area contributed by atoms with Gasteiger partial charge in [0.2, 0.25) is 0 Å². The van der Waals surface area contributed by atoms with Crippen LogP contribution >= 0.6 is 0 Å². The van der Waals surface area contributed by atoms with Gasteiger partial charge in [-0.05, 0) is 66.4 Å². The summed E-state index contributed by atoms with van der Waals surface area (Å²) in [5.41, 5.74) is 1.36. The first-order valence-electron chi connectivity index (χ1n) is 12.1. The van der Waals surface area contributed by atoms with E-state index in [-0.39, 0.29) is 29.0 Å². The van der Waals surface area contributed by atoms with Gasteiger partial charge in [-0.3, -0.25) is 9.69 Å². The van der Waals surface area contributed by atoms with Crippen LogP contribution in [0.5, 0.6) is 5.75 Å². The summed E-state index contributed by atoms with van der Waals surface area (Å²) in [5, 5.41) is 26.9. The fourth-order valence-corrected chi connectivity index (χ4v) is 6.16. The third-order valence-corrected chi connectivity index (χ3v) is 7.80. The van der Waals surface area contributed by atoms with Crippen molar-refractivity contribution in [3.05, 3.63) is 90.5 Å². The summed E-state index contributed by atoms with van der Waals surface area (Å²) in [6.45, 7) is 6.32. The fraction of sp³-hybridized carbons (Fsp3) is 0.345. The highest BCUT2D eigenvalue weighted by Gasteiger charge is 2.52. The Morgan fingerprint density at radius 1 is 1.12 bits per heavy atom. The van der Waals surface area contributed by atoms with Gasteiger partial charge in [-0.1, -0.05) is 48.5 Å². The van der Waals surface area contributed by atoms with Crippen LogP contribution in [0.15, 0.2) is 79.4 Å². The minimum Gasteiger partial charge on any atom is -0.508 e. The maximum absolute atomic E-state index is 13.2. The van der Waals surface area contributed by atoms with Crippen LogP contribution in [0.1, 0.15) is 35.2 Å². The number of phenolic OH excluding ortho intramolecular Hbond substituents is 1. The van der Waals surface area contributed by atoms with Crippen molar-refractivity contribution >= 4 is 16.7 Å². The van der Waals surface area contributed by atoms with Crippen molar-refractivity contribution in [2.24, 2.45) is 5.92 Å². The van der Waals surface area contributed by atoms with Crippen molar-refractivity contribution < 1.29 is 15.0 Å². The Labute approximate surface area is 200 Å². The molecule has 3 aromatic rings. The zero-order valence-corrected chi connectivity index (χ0v) is 19.4. The van der Waals surface area contributed by atoms with Crippen LogP contribution in [0.3, 0.4) is 0 Å². The van der Waals surface area contributed by atoms with E-state index in [0.29, 0.717) is 12.0 Å². The van der Waals surface area contributed by atoms with Crippen molar-refractivity contribution in [3.8, 4) is 5.75 Å². The van der Waals surface area contributed by atoms with E-state index in [0.717, 1.165) is 48.8 Å². The quantitative estimate of drug-likeness (QED) is 0.502. The maximum Gasteiger partial charge on any atom is 0.251 e. The molecular weight excluding hydrogens is 424 g/mol. The largest absolute Gasteiger partial charge is 0.508 e. The molecule has 2 fully saturated rings. The van der Waals surface area contributed by atoms with Crippen molar-refractivity contribution in [1.29, 1.82) is 0 Å². The topological polar surface area (TPSA) is 72.8 Å². The van der Waals surface area contributed by atoms with E-state index in [4.69, 9.17) is 0 Å². The molecule has 34 heavy (non-hydrogen) atoms. The number of aliphatic hydroxyl groups is 1. The number of rotatable bonds is 5. The minimum absolute atomic E-state index is 0.0248. The highest BCUT2D eigenvalue weighted by Crippen LogP contribution is 2.49. The highest BCUT2D eigenvalue weighted by molar-refractivity contribution is 5.98. The van der Waals surface area contributed by atoms with E-state index in [2.05, 4.69) is 22.9 Å². The number of fused-ring (bicyclic) bond motifs is 2. The first-order chi connectivity index (χ1) is 16.5. The summed E-state index contributed by atoms with van der Waals surface area (Å²) in [7, 11) is 0. The van der Waals surface area contributed by atoms with E-state index >= 15 is 0 Å². The number of phenols is 1. The molecule has 3 N–H and O–H groups in total. The fourth-order valence-electron chi connectivity index (χ4n) is 6.16. The number of nitrogens with zero attached hydrogens (tertiary/aromatic N) is 1. The zero-order chi connectivity index (χ0) is 23.7. The molecule has 1 heterocycles. The van der Waals surface area contributed by atoms with Crippen LogP contribution in [0.4, 0.5) is 0 Å². The molecule has 0 bridgehead atoms. The third-order valence-electron chi connectivity index (χ3n) is 7.80. The Hall–Kier alpha value is -3.15. The number of nitrogens with one attached hydrogen (secondary N) is 1. The van der Waals surface area contributed by atoms with Gasteiger partial charge in [0.1, 0.15) is 5.75 Å². The molecule has 3 aromatic carbocycles. The van der Waals surface area contributed by atoms with Crippen molar-refractivity contribution in [2.75, 3.05) is 19.6 Å². The Morgan fingerprint density at radius 3 is 2.74 bits per heavy atom. The van der Waals surface area contributed by atoms with Crippen molar-refractivity contribution in [3.63, 3.8) is 0 Å². The average molecular weight is 457 g/mol. The van der Waals surface area contributed by atoms with Gasteiger partial charge in [0.15, 0.2) is 0 Å². The Kier molecular flexibility index (Phi) is 6.15. The lowest BCUT2D eigenvalue weighted by molar-refractivity contribution is -0.0450. The third kappa shape index (κ3) is 4.22. The normalized spacial score (nSPS) is 27.1. The van der Waals surface area contributed by atoms with Crippen molar-refractivity contribution in [1.82, 2.24) is 10.2 Å². The SMILES string of the molecule is C=CCN1CC[C@@]2(c3cccc(O)c3)C[C@H](NC(=O)c3ccc4ccccc4c3)CC(O)[C@@H]2C1. The Bertz CT molecular complexity index is 1210. The molecule has 4 atom stereocenters. The summed E-state index contributed by atoms with van der Waals surface area (Å²) in [4.78, 5) is 15.5. The number of piperidine rings is 1. The molecule has 0 aromatic heterocycles. The molecule has 5 rings (SSSR count). The van der Waals surface area contributed by atoms with Gasteiger partial charge >= 0.3 is 0 Å². The Morgan fingerprint density at radius 2 is 1.94 bits per heavy atom. The number of aliphatic hydroxyl groups excluding tert-OH is 1. The molecule has 1 aliphatic heterocycles. The molecule has 176 valence electrons. The molecule has 1 aliphatic carbocycles. The van der Waals surface area contributed by atoms with Crippen LogP contribution in [0.2, 0.25) is 0 Å². The highest BCUT2D eigenvalue weighted by atomic mass is 16.3. The van der Waals surface area contributed by atoms with Crippen LogP contribution in [0.25, 0.3) is 10.8 Å². The van der Waals surface area contributed by atoms with E-state index in [1.807, 2.05) is 60.7 Å². The first-order valence-corrected chi connectivity index (χ1v) is 12.1. The summed E-state index contributed by atoms with van der Waals surface area (Å²) < 4.78 is 0. The van der Waals surface area contributed by atoms with Gasteiger partial charge in [-0.2, -0.15) is 0 Å². The van der Waals surface area contributed by atoms with Gasteiger partial charge in [0.25, 0.3) is 5.91 Å². The second kappa shape index (κ2) is 9.24. The lowest BCUT2D eigenvalue weighted by atomic mass is 9.57. The van der Waals surface area contributed by atoms with Gasteiger partial charge < -0.3 is 15.5 Å². The van der Waals surface area contributed by atoms with Gasteiger partial charge in [0.05, 0.1) is 6.10 Å². The zero-order valence-electron chi connectivity index (χ0n) is 19.4. The number of amides is 1. The Balaban J connectivity index is 1.42. The summed E-state index contributed by atoms with van der Waals surface area (Å²) >= 11 is 0. The predicted octanol–water partition coefficient (Wildman–Crippen LogP) is 4.24. The van der Waals surface area contributed by atoms with Gasteiger partial charge in [-0.15, -0.1) is 6.58 Å². The number of hydrogen-bond acceptors (Lipinski definition) is 4. The van der Waals surface area contributed by atoms with Gasteiger partial charge in [-0.25, -0.2) is 0 Å². The monoisotopic (exact) mass is 456 g/mol. The van der Waals surface area contributed by atoms with Crippen LogP contribution in [-0.4, -0.2) is 52.8 Å². The minimum atomic E-state index is -0.550. The van der Waals surface area contributed by atoms with Crippen molar-refractivity contribution in [2.45, 2.75) is 36.8 Å². The molecule has 5 heteroatoms. The van der Waals surface area contributed by atoms with E-state index in [1.165, 1.54) is 0 Å². The molecule has 1 saturated carbocycles. The molecule has 5 nitrogen and oxygen atoms in total.